The monoisotopic (exact) mass is 446 g/mol. The molecule has 0 saturated carbocycles. The smallest absolute Gasteiger partial charge is 0.330 e. The van der Waals surface area contributed by atoms with E-state index in [-0.39, 0.29) is 23.0 Å². The number of thiophene rings is 1. The molecule has 2 aliphatic heterocycles. The van der Waals surface area contributed by atoms with Crippen LogP contribution in [-0.4, -0.2) is 55.1 Å². The lowest BCUT2D eigenvalue weighted by Crippen LogP contribution is -2.74. The maximum atomic E-state index is 12.5. The van der Waals surface area contributed by atoms with E-state index in [2.05, 4.69) is 5.32 Å². The molecule has 0 spiro atoms. The molecule has 0 aromatic carbocycles. The molecule has 1 aromatic rings. The molecule has 4 atom stereocenters. The summed E-state index contributed by atoms with van der Waals surface area (Å²) >= 11 is 9.66. The average molecular weight is 447 g/mol. The quantitative estimate of drug-likeness (QED) is 0.507. The molecule has 11 heteroatoms. The molecule has 2 amide bonds. The summed E-state index contributed by atoms with van der Waals surface area (Å²) in [4.78, 5) is 48.9. The second-order valence-corrected chi connectivity index (χ2v) is 9.66. The Kier molecular flexibility index (Phi) is 6.19. The zero-order valence-corrected chi connectivity index (χ0v) is 17.2. The van der Waals surface area contributed by atoms with Crippen LogP contribution in [0.2, 0.25) is 0 Å². The molecule has 0 aliphatic carbocycles. The van der Waals surface area contributed by atoms with E-state index in [4.69, 9.17) is 11.6 Å². The Hall–Kier alpha value is -1.49. The minimum Gasteiger partial charge on any atom is -0.479 e. The molecule has 27 heavy (non-hydrogen) atoms. The highest BCUT2D eigenvalue weighted by Gasteiger charge is 2.56. The lowest BCUT2D eigenvalue weighted by molar-refractivity contribution is -0.160. The van der Waals surface area contributed by atoms with Gasteiger partial charge in [0, 0.05) is 6.92 Å². The fourth-order valence-electron chi connectivity index (χ4n) is 2.87. The van der Waals surface area contributed by atoms with Gasteiger partial charge in [-0.15, -0.1) is 23.4 Å². The lowest BCUT2D eigenvalue weighted by Gasteiger charge is -2.51. The number of fused-ring (bicyclic) bond motifs is 1. The first-order valence-electron chi connectivity index (χ1n) is 7.81. The van der Waals surface area contributed by atoms with Crippen molar-refractivity contribution in [3.05, 3.63) is 33.4 Å². The van der Waals surface area contributed by atoms with Crippen molar-refractivity contribution in [2.75, 3.05) is 0 Å². The zero-order chi connectivity index (χ0) is 19.7. The highest BCUT2D eigenvalue weighted by molar-refractivity contribution is 8.15. The second kappa shape index (κ2) is 8.26. The number of alkyl halides is 1. The zero-order valence-electron chi connectivity index (χ0n) is 14.0. The number of amides is 2. The van der Waals surface area contributed by atoms with Gasteiger partial charge in [-0.05, 0) is 33.4 Å². The van der Waals surface area contributed by atoms with Crippen molar-refractivity contribution in [2.24, 2.45) is 0 Å². The minimum absolute atomic E-state index is 0.160. The average Bonchev–Trinajstić information content (AvgIpc) is 3.10. The van der Waals surface area contributed by atoms with Gasteiger partial charge >= 0.3 is 5.97 Å². The number of β-lactam (4-membered cyclic amide) rings is 1. The lowest BCUT2D eigenvalue weighted by atomic mass is 9.98. The van der Waals surface area contributed by atoms with Crippen LogP contribution in [0.5, 0.6) is 0 Å². The van der Waals surface area contributed by atoms with Gasteiger partial charge in [-0.25, -0.2) is 4.79 Å². The number of carboxylic acid groups (broad SMARTS) is 1. The van der Waals surface area contributed by atoms with E-state index in [0.717, 1.165) is 17.3 Å². The van der Waals surface area contributed by atoms with Crippen molar-refractivity contribution < 1.29 is 24.3 Å². The van der Waals surface area contributed by atoms with Crippen LogP contribution in [0.25, 0.3) is 0 Å². The Morgan fingerprint density at radius 1 is 1.44 bits per heavy atom. The molecule has 2 aliphatic rings. The van der Waals surface area contributed by atoms with Gasteiger partial charge in [0.1, 0.15) is 16.1 Å². The molecule has 0 bridgehead atoms. The van der Waals surface area contributed by atoms with E-state index < -0.39 is 34.0 Å². The van der Waals surface area contributed by atoms with Crippen LogP contribution in [0.3, 0.4) is 0 Å². The molecule has 3 rings (SSSR count). The van der Waals surface area contributed by atoms with E-state index in [1.165, 1.54) is 34.9 Å². The Morgan fingerprint density at radius 2 is 2.19 bits per heavy atom. The largest absolute Gasteiger partial charge is 0.479 e. The van der Waals surface area contributed by atoms with Crippen LogP contribution in [-0.2, 0) is 25.6 Å². The Bertz CT molecular complexity index is 813. The summed E-state index contributed by atoms with van der Waals surface area (Å²) in [5.74, 6) is -1.99. The van der Waals surface area contributed by atoms with Crippen molar-refractivity contribution in [3.63, 3.8) is 0 Å². The molecule has 2 N–H and O–H groups in total. The van der Waals surface area contributed by atoms with Crippen molar-refractivity contribution in [2.45, 2.75) is 35.5 Å². The number of thioether (sulfide) groups is 2. The molecular formula is C16H15ClN2O5S3. The number of hydrogen-bond donors (Lipinski definition) is 2. The number of carbonyl (C=O) groups is 4. The van der Waals surface area contributed by atoms with Crippen LogP contribution < -0.4 is 5.32 Å². The molecule has 144 valence electrons. The molecule has 1 aromatic heterocycles. The molecule has 1 fully saturated rings. The van der Waals surface area contributed by atoms with Gasteiger partial charge in [-0.1, -0.05) is 11.8 Å². The summed E-state index contributed by atoms with van der Waals surface area (Å²) in [6.07, 6.45) is 0.160. The number of nitrogens with zero attached hydrogens (tertiary/aromatic N) is 1. The van der Waals surface area contributed by atoms with E-state index in [1.807, 2.05) is 16.8 Å². The maximum absolute atomic E-state index is 12.5. The van der Waals surface area contributed by atoms with Crippen molar-refractivity contribution >= 4 is 69.4 Å². The third-order valence-corrected chi connectivity index (χ3v) is 7.29. The van der Waals surface area contributed by atoms with Crippen LogP contribution in [0.1, 0.15) is 12.5 Å². The summed E-state index contributed by atoms with van der Waals surface area (Å²) in [6.45, 7) is 1.34. The number of hydrogen-bond acceptors (Lipinski definition) is 7. The summed E-state index contributed by atoms with van der Waals surface area (Å²) in [5, 5.41) is 16.8. The Morgan fingerprint density at radius 3 is 2.78 bits per heavy atom. The van der Waals surface area contributed by atoms with E-state index in [9.17, 15) is 24.3 Å². The first kappa shape index (κ1) is 20.2. The first-order chi connectivity index (χ1) is 12.8. The number of nitrogens with one attached hydrogen (secondary N) is 1. The third-order valence-electron chi connectivity index (χ3n) is 4.04. The van der Waals surface area contributed by atoms with Gasteiger partial charge < -0.3 is 15.3 Å². The van der Waals surface area contributed by atoms with Crippen LogP contribution >= 0.6 is 46.5 Å². The number of carboxylic acids is 1. The summed E-state index contributed by atoms with van der Waals surface area (Å²) in [6, 6.07) is -0.199. The number of rotatable bonds is 6. The number of carbonyl (C=O) groups excluding carboxylic acids is 3. The minimum atomic E-state index is -1.25. The highest BCUT2D eigenvalue weighted by atomic mass is 35.5. The van der Waals surface area contributed by atoms with E-state index in [0.29, 0.717) is 0 Å². The first-order valence-corrected chi connectivity index (χ1v) is 11.0. The highest BCUT2D eigenvalue weighted by Crippen LogP contribution is 2.43. The molecule has 0 radical (unpaired) electrons. The summed E-state index contributed by atoms with van der Waals surface area (Å²) < 4.78 is -0.878. The van der Waals surface area contributed by atoms with Crippen LogP contribution in [0.4, 0.5) is 0 Å². The normalized spacial score (nSPS) is 25.1. The van der Waals surface area contributed by atoms with Crippen molar-refractivity contribution in [3.8, 4) is 0 Å². The standard InChI is InChI=1S/C16H15ClN2O5S3/c1-7(20)27-13(17)9-6-26-15-11(14(22)19(15)12(9)16(23)24)18-10(21)4-8-2-3-25-5-8/h2-3,5-6,11-13,15H,4H2,1H3,(H,18,21)(H,23,24)/t11?,12?,13?,15-/m0/s1. The summed E-state index contributed by atoms with van der Waals surface area (Å²) in [5.41, 5.74) is 1.14. The number of aliphatic carboxylic acids is 1. The van der Waals surface area contributed by atoms with E-state index >= 15 is 0 Å². The van der Waals surface area contributed by atoms with Crippen molar-refractivity contribution in [1.29, 1.82) is 0 Å². The maximum Gasteiger partial charge on any atom is 0.330 e. The van der Waals surface area contributed by atoms with Gasteiger partial charge in [-0.2, -0.15) is 11.3 Å². The fourth-order valence-corrected chi connectivity index (χ4v) is 6.14. The fraction of sp³-hybridized carbons (Fsp3) is 0.375. The number of halogens is 1. The molecule has 7 nitrogen and oxygen atoms in total. The van der Waals surface area contributed by atoms with Gasteiger partial charge in [0.2, 0.25) is 11.8 Å². The molecule has 3 heterocycles. The topological polar surface area (TPSA) is 104 Å². The van der Waals surface area contributed by atoms with Gasteiger partial charge in [0.25, 0.3) is 0 Å². The Labute approximate surface area is 172 Å². The van der Waals surface area contributed by atoms with E-state index in [1.54, 1.807) is 5.41 Å². The SMILES string of the molecule is CC(=O)SC(Cl)C1=CS[C@H]2C(NC(=O)Cc3ccsc3)C(=O)N2C1C(=O)O. The van der Waals surface area contributed by atoms with Gasteiger partial charge in [-0.3, -0.25) is 14.4 Å². The van der Waals surface area contributed by atoms with Crippen LogP contribution in [0.15, 0.2) is 27.8 Å². The Balaban J connectivity index is 1.72. The molecular weight excluding hydrogens is 432 g/mol. The third kappa shape index (κ3) is 4.18. The van der Waals surface area contributed by atoms with Gasteiger partial charge in [0.15, 0.2) is 11.2 Å². The predicted molar refractivity (Wildman–Crippen MR) is 106 cm³/mol. The summed E-state index contributed by atoms with van der Waals surface area (Å²) in [7, 11) is 0. The molecule has 1 saturated heterocycles. The van der Waals surface area contributed by atoms with Crippen LogP contribution in [0, 0.1) is 0 Å². The second-order valence-electron chi connectivity index (χ2n) is 5.91. The predicted octanol–water partition coefficient (Wildman–Crippen LogP) is 1.87. The molecule has 3 unspecified atom stereocenters. The van der Waals surface area contributed by atoms with Crippen molar-refractivity contribution in [1.82, 2.24) is 10.2 Å². The van der Waals surface area contributed by atoms with Gasteiger partial charge in [0.05, 0.1) is 6.42 Å².